The number of benzene rings is 1. The van der Waals surface area contributed by atoms with Gasteiger partial charge in [-0.2, -0.15) is 0 Å². The molecule has 1 aromatic carbocycles. The summed E-state index contributed by atoms with van der Waals surface area (Å²) in [5.41, 5.74) is -0.387. The van der Waals surface area contributed by atoms with Gasteiger partial charge < -0.3 is 0 Å². The summed E-state index contributed by atoms with van der Waals surface area (Å²) in [4.78, 5) is 47.2. The lowest BCUT2D eigenvalue weighted by atomic mass is 10.2. The molecule has 2 heterocycles. The molecule has 100 valence electrons. The van der Waals surface area contributed by atoms with Crippen LogP contribution in [0.15, 0.2) is 39.9 Å². The van der Waals surface area contributed by atoms with Crippen LogP contribution in [0.4, 0.5) is 0 Å². The van der Waals surface area contributed by atoms with Gasteiger partial charge >= 0.3 is 0 Å². The summed E-state index contributed by atoms with van der Waals surface area (Å²) in [6, 6.07) is 5.37. The Morgan fingerprint density at radius 2 is 1.75 bits per heavy atom. The van der Waals surface area contributed by atoms with E-state index in [1.807, 2.05) is 0 Å². The Morgan fingerprint density at radius 3 is 2.35 bits per heavy atom. The smallest absolute Gasteiger partial charge is 0.277 e. The third kappa shape index (κ3) is 1.45. The van der Waals surface area contributed by atoms with Gasteiger partial charge in [-0.1, -0.05) is 12.1 Å². The molecule has 3 rings (SSSR count). The first-order chi connectivity index (χ1) is 9.56. The molecule has 0 N–H and O–H groups in total. The first kappa shape index (κ1) is 12.3. The number of aromatic nitrogens is 2. The SMILES string of the molecule is CC1=CC(C(=O)C=O)n2c(=O)c3ccccc3c(=O)n21. The fraction of sp³-hybridized carbons (Fsp3) is 0.143. The van der Waals surface area contributed by atoms with Gasteiger partial charge in [0.1, 0.15) is 6.04 Å². The second-order valence-corrected chi connectivity index (χ2v) is 4.59. The number of nitrogens with zero attached hydrogens (tertiary/aromatic N) is 2. The molecule has 0 bridgehead atoms. The maximum atomic E-state index is 12.5. The fourth-order valence-electron chi connectivity index (χ4n) is 2.51. The quantitative estimate of drug-likeness (QED) is 0.582. The molecule has 6 heteroatoms. The highest BCUT2D eigenvalue weighted by Gasteiger charge is 2.29. The Labute approximate surface area is 112 Å². The Morgan fingerprint density at radius 1 is 1.15 bits per heavy atom. The zero-order valence-electron chi connectivity index (χ0n) is 10.6. The van der Waals surface area contributed by atoms with Gasteiger partial charge in [0.2, 0.25) is 5.78 Å². The molecule has 20 heavy (non-hydrogen) atoms. The monoisotopic (exact) mass is 270 g/mol. The molecule has 1 aromatic heterocycles. The zero-order valence-corrected chi connectivity index (χ0v) is 10.6. The minimum atomic E-state index is -1.04. The van der Waals surface area contributed by atoms with Gasteiger partial charge in [-0.05, 0) is 25.1 Å². The lowest BCUT2D eigenvalue weighted by Crippen LogP contribution is -2.38. The maximum absolute atomic E-state index is 12.5. The lowest BCUT2D eigenvalue weighted by molar-refractivity contribution is -0.131. The van der Waals surface area contributed by atoms with E-state index in [-0.39, 0.29) is 17.2 Å². The summed E-state index contributed by atoms with van der Waals surface area (Å²) in [6.45, 7) is 1.62. The van der Waals surface area contributed by atoms with Gasteiger partial charge in [-0.15, -0.1) is 0 Å². The first-order valence-electron chi connectivity index (χ1n) is 6.00. The molecule has 0 saturated heterocycles. The van der Waals surface area contributed by atoms with Gasteiger partial charge in [-0.25, -0.2) is 9.36 Å². The van der Waals surface area contributed by atoms with E-state index in [0.29, 0.717) is 11.1 Å². The molecule has 1 atom stereocenters. The maximum Gasteiger partial charge on any atom is 0.277 e. The van der Waals surface area contributed by atoms with E-state index >= 15 is 0 Å². The number of ketones is 1. The van der Waals surface area contributed by atoms with Gasteiger partial charge in [-0.3, -0.25) is 19.2 Å². The van der Waals surface area contributed by atoms with Crippen LogP contribution in [0.25, 0.3) is 16.5 Å². The van der Waals surface area contributed by atoms with Crippen LogP contribution in [0.1, 0.15) is 13.0 Å². The van der Waals surface area contributed by atoms with Crippen LogP contribution in [-0.4, -0.2) is 21.4 Å². The van der Waals surface area contributed by atoms with Gasteiger partial charge in [0.05, 0.1) is 10.8 Å². The molecular formula is C14H10N2O4. The number of hydrogen-bond acceptors (Lipinski definition) is 4. The molecule has 1 aliphatic rings. The molecule has 0 amide bonds. The second kappa shape index (κ2) is 4.12. The van der Waals surface area contributed by atoms with Crippen molar-refractivity contribution in [2.45, 2.75) is 13.0 Å². The van der Waals surface area contributed by atoms with E-state index in [0.717, 1.165) is 9.36 Å². The normalized spacial score (nSPS) is 16.9. The number of allylic oxidation sites excluding steroid dienone is 2. The Kier molecular flexibility index (Phi) is 2.53. The van der Waals surface area contributed by atoms with Crippen LogP contribution in [0.2, 0.25) is 0 Å². The van der Waals surface area contributed by atoms with Crippen molar-refractivity contribution in [2.24, 2.45) is 0 Å². The summed E-state index contributed by atoms with van der Waals surface area (Å²) >= 11 is 0. The summed E-state index contributed by atoms with van der Waals surface area (Å²) in [6.07, 6.45) is 1.61. The van der Waals surface area contributed by atoms with Crippen molar-refractivity contribution in [2.75, 3.05) is 0 Å². The van der Waals surface area contributed by atoms with Crippen LogP contribution in [0.3, 0.4) is 0 Å². The summed E-state index contributed by atoms with van der Waals surface area (Å²) < 4.78 is 2.19. The van der Waals surface area contributed by atoms with Crippen molar-refractivity contribution in [1.29, 1.82) is 0 Å². The number of Topliss-reactive ketones (excluding diaryl/α,β-unsaturated/α-hetero) is 1. The number of carbonyl (C=O) groups is 2. The Hall–Kier alpha value is -2.76. The van der Waals surface area contributed by atoms with Gasteiger partial charge in [0.15, 0.2) is 6.29 Å². The molecule has 6 nitrogen and oxygen atoms in total. The molecule has 0 fully saturated rings. The Bertz CT molecular complexity index is 902. The minimum absolute atomic E-state index is 0.163. The van der Waals surface area contributed by atoms with Crippen LogP contribution in [-0.2, 0) is 9.59 Å². The molecule has 0 saturated carbocycles. The number of hydrogen-bond donors (Lipinski definition) is 0. The number of aldehydes is 1. The topological polar surface area (TPSA) is 78.1 Å². The van der Waals surface area contributed by atoms with Gasteiger partial charge in [0.25, 0.3) is 11.1 Å². The Balaban J connectivity index is 2.50. The number of rotatable bonds is 2. The molecular weight excluding hydrogens is 260 g/mol. The minimum Gasteiger partial charge on any atom is -0.295 e. The van der Waals surface area contributed by atoms with Crippen molar-refractivity contribution in [1.82, 2.24) is 9.36 Å². The van der Waals surface area contributed by atoms with E-state index in [1.165, 1.54) is 12.1 Å². The van der Waals surface area contributed by atoms with E-state index < -0.39 is 17.4 Å². The highest BCUT2D eigenvalue weighted by atomic mass is 16.2. The predicted octanol–water partition coefficient (Wildman–Crippen LogP) is 0.347. The molecule has 0 aliphatic carbocycles. The van der Waals surface area contributed by atoms with Crippen molar-refractivity contribution in [3.8, 4) is 0 Å². The summed E-state index contributed by atoms with van der Waals surface area (Å²) in [5, 5.41) is 0.529. The summed E-state index contributed by atoms with van der Waals surface area (Å²) in [5.74, 6) is -0.757. The van der Waals surface area contributed by atoms with Crippen LogP contribution in [0.5, 0.6) is 0 Å². The van der Waals surface area contributed by atoms with E-state index in [1.54, 1.807) is 25.1 Å². The van der Waals surface area contributed by atoms with Crippen LogP contribution >= 0.6 is 0 Å². The summed E-state index contributed by atoms with van der Waals surface area (Å²) in [7, 11) is 0. The number of fused-ring (bicyclic) bond motifs is 2. The third-order valence-corrected chi connectivity index (χ3v) is 3.41. The molecule has 2 aromatic rings. The van der Waals surface area contributed by atoms with Crippen molar-refractivity contribution < 1.29 is 9.59 Å². The van der Waals surface area contributed by atoms with Crippen LogP contribution in [0, 0.1) is 0 Å². The highest BCUT2D eigenvalue weighted by molar-refractivity contribution is 6.27. The van der Waals surface area contributed by atoms with E-state index in [9.17, 15) is 19.2 Å². The van der Waals surface area contributed by atoms with Gasteiger partial charge in [0, 0.05) is 5.70 Å². The standard InChI is InChI=1S/C14H10N2O4/c1-8-6-11(12(18)7-17)16-14(20)10-5-3-2-4-9(10)13(19)15(8)16/h2-7,11H,1H3. The van der Waals surface area contributed by atoms with Crippen molar-refractivity contribution >= 4 is 28.5 Å². The van der Waals surface area contributed by atoms with E-state index in [2.05, 4.69) is 0 Å². The molecule has 1 aliphatic heterocycles. The predicted molar refractivity (Wildman–Crippen MR) is 72.5 cm³/mol. The average Bonchev–Trinajstić information content (AvgIpc) is 2.82. The molecule has 0 radical (unpaired) electrons. The van der Waals surface area contributed by atoms with Crippen LogP contribution < -0.4 is 11.1 Å². The average molecular weight is 270 g/mol. The number of carbonyl (C=O) groups excluding carboxylic acids is 2. The van der Waals surface area contributed by atoms with E-state index in [4.69, 9.17) is 0 Å². The van der Waals surface area contributed by atoms with Crippen molar-refractivity contribution in [3.63, 3.8) is 0 Å². The highest BCUT2D eigenvalue weighted by Crippen LogP contribution is 2.20. The first-order valence-corrected chi connectivity index (χ1v) is 6.00. The second-order valence-electron chi connectivity index (χ2n) is 4.59. The lowest BCUT2D eigenvalue weighted by Gasteiger charge is -2.13. The molecule has 1 unspecified atom stereocenters. The largest absolute Gasteiger partial charge is 0.295 e. The molecule has 0 spiro atoms. The third-order valence-electron chi connectivity index (χ3n) is 3.41. The van der Waals surface area contributed by atoms with Crippen molar-refractivity contribution in [3.05, 3.63) is 51.0 Å². The fourth-order valence-corrected chi connectivity index (χ4v) is 2.51. The zero-order chi connectivity index (χ0) is 14.4.